The number of aromatic nitrogens is 1. The van der Waals surface area contributed by atoms with Crippen LogP contribution in [0.15, 0.2) is 35.3 Å². The van der Waals surface area contributed by atoms with Gasteiger partial charge in [0, 0.05) is 25.2 Å². The Morgan fingerprint density at radius 2 is 2.15 bits per heavy atom. The molecule has 0 saturated carbocycles. The minimum atomic E-state index is -0.638. The van der Waals surface area contributed by atoms with Crippen LogP contribution in [0.25, 0.3) is 10.2 Å². The molecule has 1 aromatic heterocycles. The molecule has 2 amide bonds. The number of rotatable bonds is 6. The lowest BCUT2D eigenvalue weighted by Gasteiger charge is -2.20. The van der Waals surface area contributed by atoms with Gasteiger partial charge in [-0.05, 0) is 43.5 Å². The molecule has 7 nitrogen and oxygen atoms in total. The SMILES string of the molecule is O=C(CCCOc1cc2c(cc1F)C(=O)N1CCC[C@H]1C=N2)Nc1nc2ccc(F)cc2s1. The number of benzene rings is 2. The predicted octanol–water partition coefficient (Wildman–Crippen LogP) is 4.69. The molecule has 3 aromatic rings. The van der Waals surface area contributed by atoms with Crippen molar-refractivity contribution in [2.45, 2.75) is 31.7 Å². The summed E-state index contributed by atoms with van der Waals surface area (Å²) in [6.45, 7) is 0.755. The molecule has 0 aliphatic carbocycles. The molecular formula is C23H20F2N4O3S. The van der Waals surface area contributed by atoms with Crippen molar-refractivity contribution < 1.29 is 23.1 Å². The number of hydrogen-bond acceptors (Lipinski definition) is 6. The Kier molecular flexibility index (Phi) is 5.76. The zero-order chi connectivity index (χ0) is 22.9. The number of carbonyl (C=O) groups is 2. The van der Waals surface area contributed by atoms with Gasteiger partial charge in [0.2, 0.25) is 5.91 Å². The number of halogens is 2. The lowest BCUT2D eigenvalue weighted by Crippen LogP contribution is -2.35. The molecule has 5 rings (SSSR count). The van der Waals surface area contributed by atoms with Crippen LogP contribution < -0.4 is 10.1 Å². The van der Waals surface area contributed by atoms with Gasteiger partial charge in [-0.3, -0.25) is 14.6 Å². The first-order valence-corrected chi connectivity index (χ1v) is 11.5. The minimum Gasteiger partial charge on any atom is -0.490 e. The second kappa shape index (κ2) is 8.86. The maximum absolute atomic E-state index is 14.6. The van der Waals surface area contributed by atoms with Crippen molar-refractivity contribution in [1.29, 1.82) is 0 Å². The highest BCUT2D eigenvalue weighted by Gasteiger charge is 2.32. The van der Waals surface area contributed by atoms with E-state index in [2.05, 4.69) is 15.3 Å². The maximum atomic E-state index is 14.6. The first kappa shape index (κ1) is 21.4. The number of hydrogen-bond donors (Lipinski definition) is 1. The highest BCUT2D eigenvalue weighted by atomic mass is 32.1. The number of anilines is 1. The average Bonchev–Trinajstić information content (AvgIpc) is 3.39. The Labute approximate surface area is 192 Å². The summed E-state index contributed by atoms with van der Waals surface area (Å²) in [5.41, 5.74) is 1.23. The molecule has 3 heterocycles. The summed E-state index contributed by atoms with van der Waals surface area (Å²) in [6.07, 6.45) is 3.99. The summed E-state index contributed by atoms with van der Waals surface area (Å²) in [5, 5.41) is 3.08. The monoisotopic (exact) mass is 470 g/mol. The van der Waals surface area contributed by atoms with Gasteiger partial charge in [0.05, 0.1) is 34.1 Å². The van der Waals surface area contributed by atoms with Crippen LogP contribution in [-0.4, -0.2) is 47.1 Å². The van der Waals surface area contributed by atoms with Crippen LogP contribution in [0.2, 0.25) is 0 Å². The highest BCUT2D eigenvalue weighted by Crippen LogP contribution is 2.33. The van der Waals surface area contributed by atoms with Crippen molar-refractivity contribution in [3.8, 4) is 5.75 Å². The predicted molar refractivity (Wildman–Crippen MR) is 122 cm³/mol. The van der Waals surface area contributed by atoms with Crippen LogP contribution in [0.5, 0.6) is 5.75 Å². The molecule has 2 aliphatic rings. The maximum Gasteiger partial charge on any atom is 0.256 e. The Morgan fingerprint density at radius 3 is 3.03 bits per heavy atom. The molecule has 0 unspecified atom stereocenters. The third kappa shape index (κ3) is 4.43. The Balaban J connectivity index is 1.17. The molecule has 170 valence electrons. The third-order valence-electron chi connectivity index (χ3n) is 5.63. The topological polar surface area (TPSA) is 83.9 Å². The van der Waals surface area contributed by atoms with E-state index in [0.29, 0.717) is 34.0 Å². The van der Waals surface area contributed by atoms with Crippen LogP contribution in [0, 0.1) is 11.6 Å². The molecule has 2 aliphatic heterocycles. The van der Waals surface area contributed by atoms with Gasteiger partial charge in [-0.2, -0.15) is 0 Å². The number of nitrogens with one attached hydrogen (secondary N) is 1. The molecule has 33 heavy (non-hydrogen) atoms. The average molecular weight is 471 g/mol. The Morgan fingerprint density at radius 1 is 1.27 bits per heavy atom. The zero-order valence-electron chi connectivity index (χ0n) is 17.5. The van der Waals surface area contributed by atoms with E-state index in [4.69, 9.17) is 4.74 Å². The van der Waals surface area contributed by atoms with E-state index >= 15 is 0 Å². The van der Waals surface area contributed by atoms with Gasteiger partial charge in [0.25, 0.3) is 5.91 Å². The van der Waals surface area contributed by atoms with Gasteiger partial charge in [0.1, 0.15) is 5.82 Å². The molecular weight excluding hydrogens is 450 g/mol. The molecule has 0 bridgehead atoms. The number of aliphatic imine (C=N–C) groups is 1. The summed E-state index contributed by atoms with van der Waals surface area (Å²) in [5.74, 6) is -1.49. The zero-order valence-corrected chi connectivity index (χ0v) is 18.3. The van der Waals surface area contributed by atoms with Gasteiger partial charge in [-0.25, -0.2) is 13.8 Å². The number of thiazole rings is 1. The summed E-state index contributed by atoms with van der Waals surface area (Å²) in [7, 11) is 0. The van der Waals surface area contributed by atoms with Gasteiger partial charge < -0.3 is 15.0 Å². The van der Waals surface area contributed by atoms with E-state index in [0.717, 1.165) is 12.8 Å². The number of amides is 2. The molecule has 2 aromatic carbocycles. The highest BCUT2D eigenvalue weighted by molar-refractivity contribution is 7.22. The van der Waals surface area contributed by atoms with Crippen molar-refractivity contribution in [2.75, 3.05) is 18.5 Å². The molecule has 0 radical (unpaired) electrons. The quantitative estimate of drug-likeness (QED) is 0.530. The van der Waals surface area contributed by atoms with Crippen LogP contribution in [0.1, 0.15) is 36.0 Å². The number of fused-ring (bicyclic) bond motifs is 3. The summed E-state index contributed by atoms with van der Waals surface area (Å²) in [4.78, 5) is 35.2. The first-order valence-electron chi connectivity index (χ1n) is 10.7. The Hall–Kier alpha value is -3.40. The van der Waals surface area contributed by atoms with Gasteiger partial charge >= 0.3 is 0 Å². The number of nitrogens with zero attached hydrogens (tertiary/aromatic N) is 3. The lowest BCUT2D eigenvalue weighted by molar-refractivity contribution is -0.116. The minimum absolute atomic E-state index is 0.00522. The third-order valence-corrected chi connectivity index (χ3v) is 6.56. The van der Waals surface area contributed by atoms with E-state index in [1.807, 2.05) is 0 Å². The van der Waals surface area contributed by atoms with Crippen molar-refractivity contribution in [1.82, 2.24) is 9.88 Å². The first-order chi connectivity index (χ1) is 16.0. The molecule has 1 atom stereocenters. The smallest absolute Gasteiger partial charge is 0.256 e. The van der Waals surface area contributed by atoms with E-state index in [1.165, 1.54) is 35.6 Å². The number of carbonyl (C=O) groups excluding carboxylic acids is 2. The summed E-state index contributed by atoms with van der Waals surface area (Å²) < 4.78 is 34.0. The number of ether oxygens (including phenoxy) is 1. The van der Waals surface area contributed by atoms with E-state index in [9.17, 15) is 18.4 Å². The van der Waals surface area contributed by atoms with Crippen molar-refractivity contribution >= 4 is 50.4 Å². The largest absolute Gasteiger partial charge is 0.490 e. The van der Waals surface area contributed by atoms with E-state index in [1.54, 1.807) is 17.2 Å². The van der Waals surface area contributed by atoms with Gasteiger partial charge in [-0.1, -0.05) is 11.3 Å². The van der Waals surface area contributed by atoms with Crippen LogP contribution in [0.4, 0.5) is 19.6 Å². The van der Waals surface area contributed by atoms with E-state index < -0.39 is 5.82 Å². The van der Waals surface area contributed by atoms with Crippen LogP contribution in [0.3, 0.4) is 0 Å². The molecule has 1 saturated heterocycles. The molecule has 1 N–H and O–H groups in total. The molecule has 0 spiro atoms. The molecule has 10 heteroatoms. The van der Waals surface area contributed by atoms with Gasteiger partial charge in [-0.15, -0.1) is 0 Å². The van der Waals surface area contributed by atoms with Crippen molar-refractivity contribution in [3.63, 3.8) is 0 Å². The van der Waals surface area contributed by atoms with Crippen LogP contribution in [-0.2, 0) is 4.79 Å². The second-order valence-electron chi connectivity index (χ2n) is 7.92. The summed E-state index contributed by atoms with van der Waals surface area (Å²) >= 11 is 1.19. The molecule has 1 fully saturated rings. The van der Waals surface area contributed by atoms with Crippen LogP contribution >= 0.6 is 11.3 Å². The van der Waals surface area contributed by atoms with Gasteiger partial charge in [0.15, 0.2) is 16.7 Å². The lowest BCUT2D eigenvalue weighted by atomic mass is 10.1. The fourth-order valence-electron chi connectivity index (χ4n) is 4.00. The fraction of sp³-hybridized carbons (Fsp3) is 0.304. The van der Waals surface area contributed by atoms with Crippen molar-refractivity contribution in [2.24, 2.45) is 4.99 Å². The Bertz CT molecular complexity index is 1280. The standard InChI is InChI=1S/C23H20F2N4O3S/c24-13-5-6-17-20(9-13)33-23(27-17)28-21(30)4-2-8-32-19-11-18-15(10-16(19)25)22(31)29-7-1-3-14(29)12-26-18/h5-6,9-12,14H,1-4,7-8H2,(H,27,28,30)/t14-/m0/s1. The van der Waals surface area contributed by atoms with E-state index in [-0.39, 0.29) is 48.0 Å². The van der Waals surface area contributed by atoms with Crippen molar-refractivity contribution in [3.05, 3.63) is 47.5 Å². The summed E-state index contributed by atoms with van der Waals surface area (Å²) in [6, 6.07) is 6.80. The normalized spacial score (nSPS) is 17.1. The fourth-order valence-corrected chi connectivity index (χ4v) is 4.91. The second-order valence-corrected chi connectivity index (χ2v) is 8.95.